The molecule has 1 unspecified atom stereocenters. The number of aliphatic hydroxyl groups excluding tert-OH is 1. The van der Waals surface area contributed by atoms with E-state index in [1.807, 2.05) is 93.9 Å². The van der Waals surface area contributed by atoms with Crippen LogP contribution in [-0.4, -0.2) is 89.8 Å². The molecule has 3 aromatic carbocycles. The molecular weight excluding hydrogens is 709 g/mol. The fraction of sp³-hybridized carbons (Fsp3) is 0.390. The summed E-state index contributed by atoms with van der Waals surface area (Å²) in [7, 11) is 0. The van der Waals surface area contributed by atoms with Crippen molar-refractivity contribution in [2.24, 2.45) is 5.41 Å². The summed E-state index contributed by atoms with van der Waals surface area (Å²) in [4.78, 5) is 58.9. The highest BCUT2D eigenvalue weighted by Crippen LogP contribution is 2.29. The zero-order valence-electron chi connectivity index (χ0n) is 31.3. The number of hydrogen-bond acceptors (Lipinski definition) is 10. The fourth-order valence-corrected chi connectivity index (χ4v) is 6.93. The number of hydrogen-bond donors (Lipinski definition) is 3. The molecule has 4 aromatic rings. The molecule has 0 spiro atoms. The molecule has 1 aliphatic heterocycles. The second kappa shape index (κ2) is 18.3. The molecule has 12 nitrogen and oxygen atoms in total. The molecule has 1 aromatic heterocycles. The first-order valence-electron chi connectivity index (χ1n) is 18.0. The molecule has 0 radical (unpaired) electrons. The van der Waals surface area contributed by atoms with Gasteiger partial charge in [0.2, 0.25) is 17.7 Å². The number of nitrogens with zero attached hydrogens (tertiary/aromatic N) is 2. The Kier molecular flexibility index (Phi) is 13.6. The lowest BCUT2D eigenvalue weighted by molar-refractivity contribution is -0.144. The van der Waals surface area contributed by atoms with Crippen LogP contribution in [0.4, 0.5) is 0 Å². The number of amides is 3. The van der Waals surface area contributed by atoms with Crippen molar-refractivity contribution in [2.75, 3.05) is 33.0 Å². The van der Waals surface area contributed by atoms with Crippen molar-refractivity contribution in [2.45, 2.75) is 65.8 Å². The maximum atomic E-state index is 13.9. The van der Waals surface area contributed by atoms with Crippen LogP contribution in [0.3, 0.4) is 0 Å². The van der Waals surface area contributed by atoms with E-state index in [2.05, 4.69) is 15.6 Å². The quantitative estimate of drug-likeness (QED) is 0.110. The minimum Gasteiger partial charge on any atom is -0.491 e. The number of aromatic nitrogens is 1. The number of thiazole rings is 1. The summed E-state index contributed by atoms with van der Waals surface area (Å²) in [6.45, 7) is 9.81. The van der Waals surface area contributed by atoms with Crippen molar-refractivity contribution in [3.8, 4) is 27.3 Å². The van der Waals surface area contributed by atoms with Gasteiger partial charge in [-0.3, -0.25) is 14.4 Å². The van der Waals surface area contributed by atoms with Gasteiger partial charge in [0.1, 0.15) is 31.0 Å². The Morgan fingerprint density at radius 2 is 1.59 bits per heavy atom. The lowest BCUT2D eigenvalue weighted by Gasteiger charge is -2.35. The summed E-state index contributed by atoms with van der Waals surface area (Å²) in [6.07, 6.45) is -0.769. The Balaban J connectivity index is 1.07. The van der Waals surface area contributed by atoms with Gasteiger partial charge in [0.05, 0.1) is 41.0 Å². The molecule has 3 atom stereocenters. The van der Waals surface area contributed by atoms with Gasteiger partial charge >= 0.3 is 5.97 Å². The van der Waals surface area contributed by atoms with Crippen LogP contribution < -0.4 is 15.4 Å². The smallest absolute Gasteiger partial charge is 0.338 e. The minimum absolute atomic E-state index is 0.0150. The van der Waals surface area contributed by atoms with Crippen LogP contribution >= 0.6 is 11.3 Å². The van der Waals surface area contributed by atoms with Gasteiger partial charge in [0.25, 0.3) is 0 Å². The number of ether oxygens (including phenoxy) is 3. The molecule has 3 N–H and O–H groups in total. The van der Waals surface area contributed by atoms with Gasteiger partial charge in [-0.1, -0.05) is 69.3 Å². The third-order valence-corrected chi connectivity index (χ3v) is 10.0. The summed E-state index contributed by atoms with van der Waals surface area (Å²) < 4.78 is 16.4. The normalized spacial score (nSPS) is 16.1. The van der Waals surface area contributed by atoms with Crippen molar-refractivity contribution in [3.05, 3.63) is 95.1 Å². The van der Waals surface area contributed by atoms with Gasteiger partial charge in [0, 0.05) is 19.5 Å². The molecule has 0 aliphatic carbocycles. The zero-order valence-corrected chi connectivity index (χ0v) is 32.1. The van der Waals surface area contributed by atoms with E-state index in [4.69, 9.17) is 14.2 Å². The lowest BCUT2D eigenvalue weighted by atomic mass is 9.85. The summed E-state index contributed by atoms with van der Waals surface area (Å²) in [6, 6.07) is 20.6. The van der Waals surface area contributed by atoms with Crippen molar-refractivity contribution >= 4 is 35.0 Å². The zero-order chi connectivity index (χ0) is 38.8. The largest absolute Gasteiger partial charge is 0.491 e. The average molecular weight is 757 g/mol. The van der Waals surface area contributed by atoms with Crippen LogP contribution in [0.15, 0.2) is 78.3 Å². The first-order valence-corrected chi connectivity index (χ1v) is 18.8. The summed E-state index contributed by atoms with van der Waals surface area (Å²) in [5, 5.41) is 16.2. The van der Waals surface area contributed by atoms with Crippen molar-refractivity contribution in [1.82, 2.24) is 20.5 Å². The fourth-order valence-electron chi connectivity index (χ4n) is 6.12. The van der Waals surface area contributed by atoms with E-state index >= 15 is 0 Å². The van der Waals surface area contributed by atoms with E-state index in [0.29, 0.717) is 17.9 Å². The van der Waals surface area contributed by atoms with Crippen molar-refractivity contribution in [3.63, 3.8) is 0 Å². The van der Waals surface area contributed by atoms with E-state index in [9.17, 15) is 24.3 Å². The Morgan fingerprint density at radius 3 is 2.20 bits per heavy atom. The summed E-state index contributed by atoms with van der Waals surface area (Å²) in [5.41, 5.74) is 6.41. The van der Waals surface area contributed by atoms with Gasteiger partial charge in [-0.2, -0.15) is 0 Å². The van der Waals surface area contributed by atoms with Crippen LogP contribution in [0, 0.1) is 12.3 Å². The Bertz CT molecular complexity index is 1890. The second-order valence-electron chi connectivity index (χ2n) is 14.2. The maximum absolute atomic E-state index is 13.9. The molecule has 54 heavy (non-hydrogen) atoms. The molecule has 2 heterocycles. The van der Waals surface area contributed by atoms with E-state index in [1.165, 1.54) is 4.90 Å². The number of nitrogens with one attached hydrogen (secondary N) is 2. The monoisotopic (exact) mass is 756 g/mol. The number of likely N-dealkylation sites (tertiary alicyclic amines) is 1. The highest BCUT2D eigenvalue weighted by Gasteiger charge is 2.44. The third-order valence-electron chi connectivity index (χ3n) is 9.02. The summed E-state index contributed by atoms with van der Waals surface area (Å²) >= 11 is 1.57. The minimum atomic E-state index is -0.965. The molecule has 286 valence electrons. The number of benzene rings is 3. The van der Waals surface area contributed by atoms with E-state index < -0.39 is 35.4 Å². The van der Waals surface area contributed by atoms with Gasteiger partial charge in [-0.05, 0) is 65.8 Å². The molecule has 1 aliphatic rings. The number of aliphatic hydroxyl groups is 1. The predicted molar refractivity (Wildman–Crippen MR) is 206 cm³/mol. The summed E-state index contributed by atoms with van der Waals surface area (Å²) in [5.74, 6) is -1.04. The number of β-amino-alcohol motifs (C(OH)–C–C–N with tert-alkyl or cyclic N) is 1. The van der Waals surface area contributed by atoms with Gasteiger partial charge in [0.15, 0.2) is 0 Å². The molecular formula is C41H48N4O8S. The third kappa shape index (κ3) is 10.5. The van der Waals surface area contributed by atoms with Crippen LogP contribution in [0.25, 0.3) is 21.6 Å². The first kappa shape index (κ1) is 40.1. The van der Waals surface area contributed by atoms with Crippen LogP contribution in [0.5, 0.6) is 5.75 Å². The van der Waals surface area contributed by atoms with Crippen LogP contribution in [0.2, 0.25) is 0 Å². The average Bonchev–Trinajstić information content (AvgIpc) is 3.77. The van der Waals surface area contributed by atoms with Crippen molar-refractivity contribution < 1.29 is 38.5 Å². The number of carbonyl (C=O) groups excluding carboxylic acids is 4. The van der Waals surface area contributed by atoms with Crippen LogP contribution in [-0.2, 0) is 30.4 Å². The van der Waals surface area contributed by atoms with E-state index in [1.54, 1.807) is 30.4 Å². The molecule has 3 amide bonds. The van der Waals surface area contributed by atoms with Gasteiger partial charge in [-0.25, -0.2) is 9.78 Å². The molecule has 13 heteroatoms. The lowest BCUT2D eigenvalue weighted by Crippen LogP contribution is -2.58. The topological polar surface area (TPSA) is 156 Å². The molecule has 0 saturated carbocycles. The molecule has 0 bridgehead atoms. The SMILES string of the molecule is CCOC(=O)c1ccc(-c2ccc(OCCOCC(=O)NC(C(=O)N3C[C@H](O)C[C@H]3C(=O)NCc3ccc(-c4scnc4C)cc3)C(C)(C)C)cc2)cc1. The number of aryl methyl sites for hydroxylation is 1. The van der Waals surface area contributed by atoms with E-state index in [-0.39, 0.29) is 51.2 Å². The Morgan fingerprint density at radius 1 is 0.944 bits per heavy atom. The Hall–Kier alpha value is -5.11. The number of carbonyl (C=O) groups is 4. The van der Waals surface area contributed by atoms with Crippen LogP contribution in [0.1, 0.15) is 55.7 Å². The standard InChI is InChI=1S/C41H48N4O8S/c1-6-52-40(50)31-13-11-28(12-14-31)29-15-17-33(18-16-29)53-20-19-51-24-35(47)44-37(41(3,4)5)39(49)45-23-32(46)21-34(45)38(48)42-22-27-7-9-30(10-8-27)36-26(2)43-25-54-36/h7-18,25,32,34,37,46H,6,19-24H2,1-5H3,(H,42,48)(H,44,47)/t32-,34+,37?/m1/s1. The molecule has 5 rings (SSSR count). The van der Waals surface area contributed by atoms with Crippen molar-refractivity contribution in [1.29, 1.82) is 0 Å². The number of rotatable bonds is 15. The predicted octanol–water partition coefficient (Wildman–Crippen LogP) is 5.17. The molecule has 1 saturated heterocycles. The molecule has 1 fully saturated rings. The highest BCUT2D eigenvalue weighted by atomic mass is 32.1. The van der Waals surface area contributed by atoms with E-state index in [0.717, 1.165) is 32.8 Å². The second-order valence-corrected chi connectivity index (χ2v) is 15.0. The van der Waals surface area contributed by atoms with Gasteiger partial charge < -0.3 is 34.9 Å². The van der Waals surface area contributed by atoms with Gasteiger partial charge in [-0.15, -0.1) is 11.3 Å². The first-order chi connectivity index (χ1) is 25.8. The highest BCUT2D eigenvalue weighted by molar-refractivity contribution is 7.13. The maximum Gasteiger partial charge on any atom is 0.338 e. The number of esters is 1. The Labute approximate surface area is 319 Å².